The number of nitrogens with two attached hydrogens (primary N) is 1. The Balaban J connectivity index is 0. The number of hydrogen-bond acceptors (Lipinski definition) is 7. The number of halogens is 2. The summed E-state index contributed by atoms with van der Waals surface area (Å²) in [6.07, 6.45) is 0. The minimum atomic E-state index is -2.95. The number of nitrogen functional groups attached to an aromatic ring is 1. The maximum Gasteiger partial charge on any atom is 1.00 e. The van der Waals surface area contributed by atoms with Crippen molar-refractivity contribution in [2.24, 2.45) is 0 Å². The molecule has 13 heteroatoms. The van der Waals surface area contributed by atoms with Gasteiger partial charge in [0, 0.05) is 45.7 Å². The third-order valence-corrected chi connectivity index (χ3v) is 4.70. The summed E-state index contributed by atoms with van der Waals surface area (Å²) in [7, 11) is -5.90. The van der Waals surface area contributed by atoms with Crippen LogP contribution in [0.5, 0.6) is 0 Å². The molecule has 0 aromatic heterocycles. The van der Waals surface area contributed by atoms with Gasteiger partial charge in [0.1, 0.15) is 0 Å². The molecule has 128 valence electrons. The second-order valence-corrected chi connectivity index (χ2v) is 8.42. The van der Waals surface area contributed by atoms with Crippen molar-refractivity contribution in [3.8, 4) is 6.07 Å². The van der Waals surface area contributed by atoms with Crippen molar-refractivity contribution in [1.82, 2.24) is 0 Å². The normalized spacial score (nSPS) is 11.5. The molecular weight excluding hydrogens is 461 g/mol. The van der Waals surface area contributed by atoms with Crippen LogP contribution in [-0.4, -0.2) is 17.5 Å². The van der Waals surface area contributed by atoms with Gasteiger partial charge in [0.25, 0.3) is 0 Å². The number of nitrogens with zero attached hydrogens (tertiary/aromatic N) is 1. The third-order valence-electron chi connectivity index (χ3n) is 2.31. The predicted octanol–water partition coefficient (Wildman–Crippen LogP) is -2.73. The topological polar surface area (TPSA) is 130 Å². The molecule has 0 saturated heterocycles. The largest absolute Gasteiger partial charge is 1.00 e. The van der Waals surface area contributed by atoms with Gasteiger partial charge in [-0.05, 0) is 36.4 Å². The van der Waals surface area contributed by atoms with Gasteiger partial charge in [-0.2, -0.15) is 5.26 Å². The molecular formula is C13H8Cl2N2Na2O4S3. The number of rotatable bonds is 3. The first-order chi connectivity index (χ1) is 11.2. The summed E-state index contributed by atoms with van der Waals surface area (Å²) < 4.78 is 36.3. The molecule has 0 fully saturated rings. The molecule has 26 heavy (non-hydrogen) atoms. The third kappa shape index (κ3) is 11.0. The standard InChI is InChI=1S/C13H8Cl2N2S.2Na.H2O4S2/c14-9-4-10(15)6-11(5-9)18-13-2-1-8(7-16)3-12(13)17;;;1-5(2)6(3)4/h1-6H,17H2;;;(H,1,2)(H,3,4)/q;2*+1;/p-2. The van der Waals surface area contributed by atoms with Gasteiger partial charge in [0.2, 0.25) is 0 Å². The molecule has 2 aromatic carbocycles. The van der Waals surface area contributed by atoms with Crippen molar-refractivity contribution < 1.29 is 76.6 Å². The van der Waals surface area contributed by atoms with E-state index in [2.05, 4.69) is 0 Å². The van der Waals surface area contributed by atoms with Crippen LogP contribution < -0.4 is 64.8 Å². The van der Waals surface area contributed by atoms with Crippen molar-refractivity contribution in [3.63, 3.8) is 0 Å². The average molecular weight is 469 g/mol. The Kier molecular flexibility index (Phi) is 16.6. The molecule has 0 aliphatic rings. The van der Waals surface area contributed by atoms with Gasteiger partial charge in [0.15, 0.2) is 0 Å². The molecule has 0 heterocycles. The Labute approximate surface area is 213 Å². The Hall–Kier alpha value is 0.880. The van der Waals surface area contributed by atoms with E-state index in [4.69, 9.17) is 51.7 Å². The van der Waals surface area contributed by atoms with Gasteiger partial charge in [-0.15, -0.1) is 0 Å². The van der Waals surface area contributed by atoms with Crippen LogP contribution in [0.2, 0.25) is 10.0 Å². The van der Waals surface area contributed by atoms with Crippen molar-refractivity contribution in [2.45, 2.75) is 9.79 Å². The van der Waals surface area contributed by atoms with E-state index in [1.165, 1.54) is 11.8 Å². The zero-order chi connectivity index (χ0) is 18.3. The molecule has 0 saturated carbocycles. The van der Waals surface area contributed by atoms with Crippen LogP contribution >= 0.6 is 35.0 Å². The second kappa shape index (κ2) is 14.8. The summed E-state index contributed by atoms with van der Waals surface area (Å²) in [5.74, 6) is 0. The van der Waals surface area contributed by atoms with Crippen molar-refractivity contribution in [3.05, 3.63) is 52.0 Å². The summed E-state index contributed by atoms with van der Waals surface area (Å²) in [6.45, 7) is 0. The van der Waals surface area contributed by atoms with Gasteiger partial charge in [-0.1, -0.05) is 35.0 Å². The van der Waals surface area contributed by atoms with Crippen LogP contribution in [0.4, 0.5) is 5.69 Å². The Morgan fingerprint density at radius 1 is 1.00 bits per heavy atom. The minimum Gasteiger partial charge on any atom is -0.763 e. The van der Waals surface area contributed by atoms with E-state index < -0.39 is 20.2 Å². The van der Waals surface area contributed by atoms with E-state index >= 15 is 0 Å². The first kappa shape index (κ1) is 29.1. The molecule has 6 nitrogen and oxygen atoms in total. The number of hydrogen-bond donors (Lipinski definition) is 1. The zero-order valence-electron chi connectivity index (χ0n) is 13.6. The number of nitriles is 1. The molecule has 0 spiro atoms. The molecule has 0 radical (unpaired) electrons. The van der Waals surface area contributed by atoms with E-state index in [9.17, 15) is 0 Å². The first-order valence-corrected chi connectivity index (χ1v) is 10.1. The van der Waals surface area contributed by atoms with Crippen LogP contribution in [0, 0.1) is 11.3 Å². The van der Waals surface area contributed by atoms with Crippen LogP contribution in [0.15, 0.2) is 46.2 Å². The molecule has 0 aliphatic carbocycles. The fraction of sp³-hybridized carbons (Fsp3) is 0. The van der Waals surface area contributed by atoms with Gasteiger partial charge >= 0.3 is 59.1 Å². The summed E-state index contributed by atoms with van der Waals surface area (Å²) in [5.41, 5.74) is 6.99. The van der Waals surface area contributed by atoms with Crippen LogP contribution in [0.1, 0.15) is 5.56 Å². The maximum atomic E-state index is 9.09. The van der Waals surface area contributed by atoms with Gasteiger partial charge in [-0.3, -0.25) is 8.42 Å². The van der Waals surface area contributed by atoms with Gasteiger partial charge < -0.3 is 14.8 Å². The molecule has 0 bridgehead atoms. The second-order valence-electron chi connectivity index (χ2n) is 3.98. The van der Waals surface area contributed by atoms with Gasteiger partial charge in [-0.25, -0.2) is 0 Å². The fourth-order valence-electron chi connectivity index (χ4n) is 1.43. The average Bonchev–Trinajstić information content (AvgIpc) is 2.48. The monoisotopic (exact) mass is 468 g/mol. The zero-order valence-corrected chi connectivity index (χ0v) is 21.6. The SMILES string of the molecule is N#Cc1ccc(Sc2cc(Cl)cc(Cl)c2)c(N)c1.O=S([O-])S(=O)[O-].[Na+].[Na+]. The Morgan fingerprint density at radius 3 is 1.88 bits per heavy atom. The molecule has 0 amide bonds. The smallest absolute Gasteiger partial charge is 0.763 e. The van der Waals surface area contributed by atoms with E-state index in [1.54, 1.807) is 18.2 Å². The summed E-state index contributed by atoms with van der Waals surface area (Å²) >= 11 is 13.3. The van der Waals surface area contributed by atoms with E-state index in [-0.39, 0.29) is 59.1 Å². The summed E-state index contributed by atoms with van der Waals surface area (Å²) in [4.78, 5) is 1.77. The quantitative estimate of drug-likeness (QED) is 0.224. The van der Waals surface area contributed by atoms with Crippen LogP contribution in [-0.2, 0) is 20.2 Å². The van der Waals surface area contributed by atoms with E-state index in [0.717, 1.165) is 9.79 Å². The molecule has 2 rings (SSSR count). The Morgan fingerprint density at radius 2 is 1.50 bits per heavy atom. The molecule has 2 aromatic rings. The van der Waals surface area contributed by atoms with Crippen molar-refractivity contribution >= 4 is 60.9 Å². The molecule has 2 atom stereocenters. The van der Waals surface area contributed by atoms with Crippen LogP contribution in [0.25, 0.3) is 0 Å². The fourth-order valence-corrected chi connectivity index (χ4v) is 3.02. The van der Waals surface area contributed by atoms with E-state index in [1.807, 2.05) is 24.3 Å². The molecule has 2 N–H and O–H groups in total. The van der Waals surface area contributed by atoms with E-state index in [0.29, 0.717) is 21.3 Å². The predicted molar refractivity (Wildman–Crippen MR) is 94.0 cm³/mol. The molecule has 0 aliphatic heterocycles. The number of benzene rings is 2. The first-order valence-electron chi connectivity index (χ1n) is 5.85. The van der Waals surface area contributed by atoms with Crippen molar-refractivity contribution in [2.75, 3.05) is 5.73 Å². The van der Waals surface area contributed by atoms with Gasteiger partial charge in [0.05, 0.1) is 11.6 Å². The molecule has 2 unspecified atom stereocenters. The summed E-state index contributed by atoms with van der Waals surface area (Å²) in [6, 6.07) is 12.5. The number of anilines is 1. The summed E-state index contributed by atoms with van der Waals surface area (Å²) in [5, 5.41) is 9.93. The Bertz CT molecular complexity index is 805. The van der Waals surface area contributed by atoms with Crippen molar-refractivity contribution in [1.29, 1.82) is 5.26 Å². The van der Waals surface area contributed by atoms with Crippen LogP contribution in [0.3, 0.4) is 0 Å². The maximum absolute atomic E-state index is 9.09. The minimum absolute atomic E-state index is 0.